The van der Waals surface area contributed by atoms with Crippen molar-refractivity contribution in [2.45, 2.75) is 72.4 Å². The Morgan fingerprint density at radius 1 is 1.19 bits per heavy atom. The number of likely N-dealkylation sites (N-methyl/N-ethyl adjacent to an activating group) is 1. The van der Waals surface area contributed by atoms with Crippen LogP contribution in [0.1, 0.15) is 60.3 Å². The lowest BCUT2D eigenvalue weighted by Gasteiger charge is -2.46. The van der Waals surface area contributed by atoms with Gasteiger partial charge in [-0.25, -0.2) is 0 Å². The average Bonchev–Trinajstić information content (AvgIpc) is 2.45. The van der Waals surface area contributed by atoms with E-state index in [-0.39, 0.29) is 0 Å². The van der Waals surface area contributed by atoms with Gasteiger partial charge < -0.3 is 10.1 Å². The van der Waals surface area contributed by atoms with Crippen molar-refractivity contribution in [2.24, 2.45) is 11.3 Å². The largest absolute Gasteiger partial charge is 0.383 e. The maximum absolute atomic E-state index is 5.31. The maximum atomic E-state index is 5.31. The molecular formula is C18H38N2O. The number of methoxy groups -OCH3 is 1. The van der Waals surface area contributed by atoms with Crippen molar-refractivity contribution in [1.82, 2.24) is 10.2 Å². The van der Waals surface area contributed by atoms with Crippen molar-refractivity contribution in [3.05, 3.63) is 0 Å². The lowest BCUT2D eigenvalue weighted by Crippen LogP contribution is -2.55. The van der Waals surface area contributed by atoms with Gasteiger partial charge in [-0.1, -0.05) is 34.6 Å². The van der Waals surface area contributed by atoms with Crippen molar-refractivity contribution >= 4 is 0 Å². The van der Waals surface area contributed by atoms with Crippen LogP contribution in [0.2, 0.25) is 0 Å². The molecule has 0 saturated heterocycles. The molecule has 0 spiro atoms. The summed E-state index contributed by atoms with van der Waals surface area (Å²) in [6, 6.07) is 1.31. The monoisotopic (exact) mass is 298 g/mol. The lowest BCUT2D eigenvalue weighted by atomic mass is 9.69. The van der Waals surface area contributed by atoms with Crippen molar-refractivity contribution in [1.29, 1.82) is 0 Å². The number of hydrogen-bond acceptors (Lipinski definition) is 3. The zero-order valence-corrected chi connectivity index (χ0v) is 15.2. The van der Waals surface area contributed by atoms with E-state index < -0.39 is 0 Å². The molecule has 3 heteroatoms. The van der Waals surface area contributed by atoms with Crippen LogP contribution in [-0.4, -0.2) is 50.3 Å². The van der Waals surface area contributed by atoms with Crippen molar-refractivity contribution < 1.29 is 4.74 Å². The summed E-state index contributed by atoms with van der Waals surface area (Å²) >= 11 is 0. The van der Waals surface area contributed by atoms with Gasteiger partial charge >= 0.3 is 0 Å². The molecule has 0 radical (unpaired) electrons. The van der Waals surface area contributed by atoms with Gasteiger partial charge in [0, 0.05) is 25.7 Å². The number of ether oxygens (including phenoxy) is 1. The van der Waals surface area contributed by atoms with Gasteiger partial charge in [-0.05, 0) is 50.1 Å². The normalized spacial score (nSPS) is 27.3. The Kier molecular flexibility index (Phi) is 8.22. The standard InChI is InChI=1S/C18H38N2O/c1-7-11-19-16-10-9-15(18(3,4)5)14-17(16)20(8-2)12-13-21-6/h15-17,19H,7-14H2,1-6H3. The number of nitrogens with one attached hydrogen (secondary N) is 1. The van der Waals surface area contributed by atoms with Crippen LogP contribution in [0.5, 0.6) is 0 Å². The minimum atomic E-state index is 0.425. The Hall–Kier alpha value is -0.120. The first-order chi connectivity index (χ1) is 9.93. The molecule has 3 atom stereocenters. The highest BCUT2D eigenvalue weighted by molar-refractivity contribution is 4.94. The number of rotatable bonds is 8. The van der Waals surface area contributed by atoms with Gasteiger partial charge in [0.1, 0.15) is 0 Å². The number of nitrogens with zero attached hydrogens (tertiary/aromatic N) is 1. The van der Waals surface area contributed by atoms with Crippen LogP contribution in [0.3, 0.4) is 0 Å². The van der Waals surface area contributed by atoms with Gasteiger partial charge in [-0.3, -0.25) is 4.90 Å². The Morgan fingerprint density at radius 3 is 2.43 bits per heavy atom. The van der Waals surface area contributed by atoms with E-state index in [2.05, 4.69) is 44.8 Å². The highest BCUT2D eigenvalue weighted by atomic mass is 16.5. The van der Waals surface area contributed by atoms with Crippen LogP contribution in [-0.2, 0) is 4.74 Å². The lowest BCUT2D eigenvalue weighted by molar-refractivity contribution is 0.0450. The summed E-state index contributed by atoms with van der Waals surface area (Å²) in [7, 11) is 1.81. The van der Waals surface area contributed by atoms with E-state index in [0.29, 0.717) is 17.5 Å². The van der Waals surface area contributed by atoms with Gasteiger partial charge in [-0.2, -0.15) is 0 Å². The average molecular weight is 299 g/mol. The van der Waals surface area contributed by atoms with Crippen LogP contribution in [0.25, 0.3) is 0 Å². The Labute approximate surface area is 132 Å². The number of hydrogen-bond donors (Lipinski definition) is 1. The predicted octanol–water partition coefficient (Wildman–Crippen LogP) is 3.54. The van der Waals surface area contributed by atoms with E-state index >= 15 is 0 Å². The third kappa shape index (κ3) is 5.88. The zero-order chi connectivity index (χ0) is 15.9. The zero-order valence-electron chi connectivity index (χ0n) is 15.2. The van der Waals surface area contributed by atoms with Crippen LogP contribution in [0, 0.1) is 11.3 Å². The van der Waals surface area contributed by atoms with Crippen molar-refractivity contribution in [2.75, 3.05) is 33.4 Å². The Balaban J connectivity index is 2.75. The van der Waals surface area contributed by atoms with Crippen molar-refractivity contribution in [3.63, 3.8) is 0 Å². The fourth-order valence-electron chi connectivity index (χ4n) is 3.67. The van der Waals surface area contributed by atoms with Gasteiger partial charge in [-0.15, -0.1) is 0 Å². The fraction of sp³-hybridized carbons (Fsp3) is 1.00. The molecule has 1 rings (SSSR count). The van der Waals surface area contributed by atoms with E-state index in [4.69, 9.17) is 4.74 Å². The molecule has 1 aliphatic rings. The maximum Gasteiger partial charge on any atom is 0.0589 e. The summed E-state index contributed by atoms with van der Waals surface area (Å²) in [5, 5.41) is 3.80. The second kappa shape index (κ2) is 9.12. The minimum Gasteiger partial charge on any atom is -0.383 e. The van der Waals surface area contributed by atoms with Crippen LogP contribution in [0.4, 0.5) is 0 Å². The highest BCUT2D eigenvalue weighted by Gasteiger charge is 2.37. The summed E-state index contributed by atoms with van der Waals surface area (Å²) < 4.78 is 5.31. The molecule has 0 aromatic carbocycles. The first-order valence-electron chi connectivity index (χ1n) is 8.90. The van der Waals surface area contributed by atoms with Gasteiger partial charge in [0.25, 0.3) is 0 Å². The first-order valence-corrected chi connectivity index (χ1v) is 8.90. The van der Waals surface area contributed by atoms with Gasteiger partial charge in [0.05, 0.1) is 6.61 Å². The third-order valence-electron chi connectivity index (χ3n) is 5.16. The van der Waals surface area contributed by atoms with Crippen LogP contribution in [0.15, 0.2) is 0 Å². The third-order valence-corrected chi connectivity index (χ3v) is 5.16. The molecule has 1 saturated carbocycles. The molecule has 126 valence electrons. The van der Waals surface area contributed by atoms with Crippen LogP contribution >= 0.6 is 0 Å². The van der Waals surface area contributed by atoms with E-state index in [1.807, 2.05) is 0 Å². The van der Waals surface area contributed by atoms with E-state index in [9.17, 15) is 0 Å². The Morgan fingerprint density at radius 2 is 1.90 bits per heavy atom. The van der Waals surface area contributed by atoms with E-state index in [1.54, 1.807) is 7.11 Å². The minimum absolute atomic E-state index is 0.425. The molecule has 1 fully saturated rings. The molecule has 0 heterocycles. The second-order valence-corrected chi connectivity index (χ2v) is 7.63. The van der Waals surface area contributed by atoms with Crippen LogP contribution < -0.4 is 5.32 Å². The molecule has 1 aliphatic carbocycles. The molecule has 3 unspecified atom stereocenters. The quantitative estimate of drug-likeness (QED) is 0.742. The predicted molar refractivity (Wildman–Crippen MR) is 91.8 cm³/mol. The fourth-order valence-corrected chi connectivity index (χ4v) is 3.67. The first kappa shape index (κ1) is 18.9. The summed E-state index contributed by atoms with van der Waals surface area (Å²) in [6.07, 6.45) is 5.22. The van der Waals surface area contributed by atoms with Crippen molar-refractivity contribution in [3.8, 4) is 0 Å². The summed E-state index contributed by atoms with van der Waals surface area (Å²) in [6.45, 7) is 15.9. The van der Waals surface area contributed by atoms with Gasteiger partial charge in [0.2, 0.25) is 0 Å². The molecule has 0 bridgehead atoms. The Bertz CT molecular complexity index is 265. The van der Waals surface area contributed by atoms with E-state index in [1.165, 1.54) is 25.7 Å². The SMILES string of the molecule is CCCNC1CCC(C(C)(C)C)CC1N(CC)CCOC. The molecular weight excluding hydrogens is 260 g/mol. The highest BCUT2D eigenvalue weighted by Crippen LogP contribution is 2.39. The molecule has 21 heavy (non-hydrogen) atoms. The summed E-state index contributed by atoms with van der Waals surface area (Å²) in [5.41, 5.74) is 0.425. The molecule has 0 aliphatic heterocycles. The molecule has 0 aromatic rings. The molecule has 0 amide bonds. The molecule has 1 N–H and O–H groups in total. The molecule has 3 nitrogen and oxygen atoms in total. The second-order valence-electron chi connectivity index (χ2n) is 7.63. The smallest absolute Gasteiger partial charge is 0.0589 e. The van der Waals surface area contributed by atoms with E-state index in [0.717, 1.165) is 32.2 Å². The molecule has 0 aromatic heterocycles. The topological polar surface area (TPSA) is 24.5 Å². The van der Waals surface area contributed by atoms with Gasteiger partial charge in [0.15, 0.2) is 0 Å². The summed E-state index contributed by atoms with van der Waals surface area (Å²) in [4.78, 5) is 2.63. The summed E-state index contributed by atoms with van der Waals surface area (Å²) in [5.74, 6) is 0.832.